The highest BCUT2D eigenvalue weighted by Crippen LogP contribution is 2.35. The molecule has 2 aromatic carbocycles. The number of nitrogens with two attached hydrogens (primary N) is 1. The van der Waals surface area contributed by atoms with Crippen LogP contribution in [-0.4, -0.2) is 24.9 Å². The molecule has 21 heavy (non-hydrogen) atoms. The van der Waals surface area contributed by atoms with Crippen LogP contribution in [0.3, 0.4) is 0 Å². The standard InChI is InChI=1S/C15H15Br2N3O/c1-20(2)15(21)9-6-7-12(18)13(8-9)19-14-10(16)4-3-5-11(14)17/h3-8,19H,18H2,1-2H3. The number of nitrogen functional groups attached to an aromatic ring is 1. The fourth-order valence-corrected chi connectivity index (χ4v) is 3.00. The highest BCUT2D eigenvalue weighted by Gasteiger charge is 2.12. The van der Waals surface area contributed by atoms with E-state index < -0.39 is 0 Å². The molecule has 0 aliphatic carbocycles. The van der Waals surface area contributed by atoms with Crippen LogP contribution in [0.5, 0.6) is 0 Å². The van der Waals surface area contributed by atoms with Gasteiger partial charge in [0.15, 0.2) is 0 Å². The Kier molecular flexibility index (Phi) is 4.90. The fraction of sp³-hybridized carbons (Fsp3) is 0.133. The van der Waals surface area contributed by atoms with Gasteiger partial charge in [-0.05, 0) is 62.2 Å². The third kappa shape index (κ3) is 3.57. The third-order valence-corrected chi connectivity index (χ3v) is 4.25. The molecule has 0 heterocycles. The summed E-state index contributed by atoms with van der Waals surface area (Å²) in [7, 11) is 3.44. The quantitative estimate of drug-likeness (QED) is 0.741. The van der Waals surface area contributed by atoms with Crippen LogP contribution in [0.2, 0.25) is 0 Å². The lowest BCUT2D eigenvalue weighted by atomic mass is 10.1. The Morgan fingerprint density at radius 1 is 1.14 bits per heavy atom. The molecule has 0 aromatic heterocycles. The molecule has 0 aliphatic heterocycles. The van der Waals surface area contributed by atoms with Crippen LogP contribution in [0.1, 0.15) is 10.4 Å². The van der Waals surface area contributed by atoms with Gasteiger partial charge in [0.1, 0.15) is 0 Å². The second-order valence-corrected chi connectivity index (χ2v) is 6.43. The number of hydrogen-bond donors (Lipinski definition) is 2. The molecular formula is C15H15Br2N3O. The monoisotopic (exact) mass is 411 g/mol. The number of benzene rings is 2. The first kappa shape index (κ1) is 15.9. The molecule has 0 radical (unpaired) electrons. The SMILES string of the molecule is CN(C)C(=O)c1ccc(N)c(Nc2c(Br)cccc2Br)c1. The summed E-state index contributed by atoms with van der Waals surface area (Å²) in [5.41, 5.74) is 8.71. The molecule has 2 rings (SSSR count). The van der Waals surface area contributed by atoms with Gasteiger partial charge in [0.2, 0.25) is 0 Å². The molecular weight excluding hydrogens is 398 g/mol. The van der Waals surface area contributed by atoms with Gasteiger partial charge < -0.3 is 16.0 Å². The number of carbonyl (C=O) groups excluding carboxylic acids is 1. The van der Waals surface area contributed by atoms with E-state index in [0.717, 1.165) is 14.6 Å². The molecule has 0 spiro atoms. The molecule has 0 fully saturated rings. The van der Waals surface area contributed by atoms with Crippen molar-refractivity contribution in [3.63, 3.8) is 0 Å². The maximum absolute atomic E-state index is 12.0. The molecule has 1 amide bonds. The molecule has 0 unspecified atom stereocenters. The lowest BCUT2D eigenvalue weighted by molar-refractivity contribution is 0.0827. The Labute approximate surface area is 140 Å². The van der Waals surface area contributed by atoms with Crippen molar-refractivity contribution in [1.82, 2.24) is 4.90 Å². The smallest absolute Gasteiger partial charge is 0.253 e. The summed E-state index contributed by atoms with van der Waals surface area (Å²) in [6.45, 7) is 0. The minimum absolute atomic E-state index is 0.0655. The molecule has 6 heteroatoms. The van der Waals surface area contributed by atoms with Crippen LogP contribution in [0, 0.1) is 0 Å². The van der Waals surface area contributed by atoms with Gasteiger partial charge in [-0.2, -0.15) is 0 Å². The zero-order chi connectivity index (χ0) is 15.6. The number of anilines is 3. The third-order valence-electron chi connectivity index (χ3n) is 2.93. The van der Waals surface area contributed by atoms with Crippen molar-refractivity contribution in [3.8, 4) is 0 Å². The largest absolute Gasteiger partial charge is 0.397 e. The van der Waals surface area contributed by atoms with Gasteiger partial charge in [0.25, 0.3) is 5.91 Å². The topological polar surface area (TPSA) is 58.4 Å². The molecule has 0 saturated carbocycles. The zero-order valence-corrected chi connectivity index (χ0v) is 14.8. The summed E-state index contributed by atoms with van der Waals surface area (Å²) >= 11 is 6.98. The molecule has 3 N–H and O–H groups in total. The van der Waals surface area contributed by atoms with Gasteiger partial charge in [-0.1, -0.05) is 6.07 Å². The Morgan fingerprint density at radius 2 is 1.76 bits per heavy atom. The minimum Gasteiger partial charge on any atom is -0.397 e. The Morgan fingerprint density at radius 3 is 2.33 bits per heavy atom. The summed E-state index contributed by atoms with van der Waals surface area (Å²) in [5.74, 6) is -0.0655. The van der Waals surface area contributed by atoms with Gasteiger partial charge in [-0.15, -0.1) is 0 Å². The van der Waals surface area contributed by atoms with E-state index in [-0.39, 0.29) is 5.91 Å². The van der Waals surface area contributed by atoms with Crippen LogP contribution in [0.4, 0.5) is 17.1 Å². The van der Waals surface area contributed by atoms with E-state index in [9.17, 15) is 4.79 Å². The first-order valence-electron chi connectivity index (χ1n) is 6.22. The average molecular weight is 413 g/mol. The minimum atomic E-state index is -0.0655. The van der Waals surface area contributed by atoms with Gasteiger partial charge in [0, 0.05) is 28.6 Å². The van der Waals surface area contributed by atoms with Gasteiger partial charge in [-0.3, -0.25) is 4.79 Å². The van der Waals surface area contributed by atoms with Crippen molar-refractivity contribution >= 4 is 54.8 Å². The van der Waals surface area contributed by atoms with E-state index in [1.807, 2.05) is 18.2 Å². The van der Waals surface area contributed by atoms with E-state index in [1.165, 1.54) is 4.90 Å². The molecule has 0 bridgehead atoms. The normalized spacial score (nSPS) is 10.3. The summed E-state index contributed by atoms with van der Waals surface area (Å²) in [4.78, 5) is 13.6. The van der Waals surface area contributed by atoms with Crippen LogP contribution < -0.4 is 11.1 Å². The molecule has 4 nitrogen and oxygen atoms in total. The number of hydrogen-bond acceptors (Lipinski definition) is 3. The lowest BCUT2D eigenvalue weighted by Gasteiger charge is -2.15. The Hall–Kier alpha value is -1.53. The van der Waals surface area contributed by atoms with Crippen molar-refractivity contribution in [2.75, 3.05) is 25.1 Å². The molecule has 0 atom stereocenters. The van der Waals surface area contributed by atoms with Crippen LogP contribution in [0.25, 0.3) is 0 Å². The molecule has 2 aromatic rings. The highest BCUT2D eigenvalue weighted by molar-refractivity contribution is 9.11. The van der Waals surface area contributed by atoms with E-state index in [4.69, 9.17) is 5.73 Å². The maximum Gasteiger partial charge on any atom is 0.253 e. The maximum atomic E-state index is 12.0. The summed E-state index contributed by atoms with van der Waals surface area (Å²) < 4.78 is 1.81. The van der Waals surface area contributed by atoms with Crippen LogP contribution >= 0.6 is 31.9 Å². The highest BCUT2D eigenvalue weighted by atomic mass is 79.9. The second kappa shape index (κ2) is 6.49. The van der Waals surface area contributed by atoms with Gasteiger partial charge in [-0.25, -0.2) is 0 Å². The molecule has 110 valence electrons. The van der Waals surface area contributed by atoms with Gasteiger partial charge in [0.05, 0.1) is 17.1 Å². The van der Waals surface area contributed by atoms with Gasteiger partial charge >= 0.3 is 0 Å². The predicted octanol–water partition coefficient (Wildman–Crippen LogP) is 4.24. The lowest BCUT2D eigenvalue weighted by Crippen LogP contribution is -2.21. The number of carbonyl (C=O) groups is 1. The van der Waals surface area contributed by atoms with Crippen molar-refractivity contribution in [2.45, 2.75) is 0 Å². The number of rotatable bonds is 3. The summed E-state index contributed by atoms with van der Waals surface area (Å²) in [6.07, 6.45) is 0. The van der Waals surface area contributed by atoms with E-state index >= 15 is 0 Å². The first-order valence-corrected chi connectivity index (χ1v) is 7.81. The molecule has 0 aliphatic rings. The molecule has 0 saturated heterocycles. The number of nitrogens with one attached hydrogen (secondary N) is 1. The number of nitrogens with zero attached hydrogens (tertiary/aromatic N) is 1. The zero-order valence-electron chi connectivity index (χ0n) is 11.7. The summed E-state index contributed by atoms with van der Waals surface area (Å²) in [5, 5.41) is 3.25. The van der Waals surface area contributed by atoms with E-state index in [2.05, 4.69) is 37.2 Å². The second-order valence-electron chi connectivity index (χ2n) is 4.72. The van der Waals surface area contributed by atoms with Crippen LogP contribution in [0.15, 0.2) is 45.3 Å². The average Bonchev–Trinajstić information content (AvgIpc) is 2.44. The first-order chi connectivity index (χ1) is 9.90. The van der Waals surface area contributed by atoms with Crippen molar-refractivity contribution in [3.05, 3.63) is 50.9 Å². The number of para-hydroxylation sites is 1. The Balaban J connectivity index is 2.40. The number of amides is 1. The van der Waals surface area contributed by atoms with Crippen molar-refractivity contribution in [2.24, 2.45) is 0 Å². The van der Waals surface area contributed by atoms with Crippen LogP contribution in [-0.2, 0) is 0 Å². The fourth-order valence-electron chi connectivity index (χ4n) is 1.81. The Bertz CT molecular complexity index is 666. The van der Waals surface area contributed by atoms with E-state index in [0.29, 0.717) is 16.9 Å². The predicted molar refractivity (Wildman–Crippen MR) is 94.0 cm³/mol. The van der Waals surface area contributed by atoms with Crippen molar-refractivity contribution < 1.29 is 4.79 Å². The number of halogens is 2. The van der Waals surface area contributed by atoms with Crippen molar-refractivity contribution in [1.29, 1.82) is 0 Å². The van der Waals surface area contributed by atoms with E-state index in [1.54, 1.807) is 32.3 Å². The summed E-state index contributed by atoms with van der Waals surface area (Å²) in [6, 6.07) is 11.0.